The number of nitrogens with one attached hydrogen (secondary N) is 1. The van der Waals surface area contributed by atoms with Crippen LogP contribution in [-0.2, 0) is 12.2 Å². The van der Waals surface area contributed by atoms with Gasteiger partial charge in [0.1, 0.15) is 0 Å². The number of hydrogen-bond acceptors (Lipinski definition) is 3. The summed E-state index contributed by atoms with van der Waals surface area (Å²) in [4.78, 5) is 2.96. The summed E-state index contributed by atoms with van der Waals surface area (Å²) in [5.74, 6) is 2.41. The van der Waals surface area contributed by atoms with Crippen molar-refractivity contribution in [1.82, 2.24) is 5.32 Å². The van der Waals surface area contributed by atoms with E-state index in [1.165, 1.54) is 28.2 Å². The third kappa shape index (κ3) is 2.91. The average Bonchev–Trinajstić information content (AvgIpc) is 2.89. The van der Waals surface area contributed by atoms with Crippen molar-refractivity contribution in [3.63, 3.8) is 0 Å². The minimum absolute atomic E-state index is 0.217. The van der Waals surface area contributed by atoms with Gasteiger partial charge in [0, 0.05) is 20.5 Å². The standard InChI is InChI=1S/C16H18ClNS2/c1-2-18-16(12-5-3-4-6-13(12)17)15-9-11-10-19-8-7-14(11)20-15/h3-6,9,16,18H,2,7-8,10H2,1H3. The van der Waals surface area contributed by atoms with Crippen LogP contribution in [0.3, 0.4) is 0 Å². The van der Waals surface area contributed by atoms with Gasteiger partial charge in [0.05, 0.1) is 6.04 Å². The molecular weight excluding hydrogens is 306 g/mol. The molecular formula is C16H18ClNS2. The second kappa shape index (κ2) is 6.52. The largest absolute Gasteiger partial charge is 0.306 e. The van der Waals surface area contributed by atoms with E-state index in [0.29, 0.717) is 0 Å². The van der Waals surface area contributed by atoms with Crippen LogP contribution in [-0.4, -0.2) is 12.3 Å². The highest BCUT2D eigenvalue weighted by molar-refractivity contribution is 7.98. The van der Waals surface area contributed by atoms with E-state index in [1.807, 2.05) is 35.2 Å². The predicted octanol–water partition coefficient (Wildman–Crippen LogP) is 4.89. The van der Waals surface area contributed by atoms with E-state index in [2.05, 4.69) is 30.4 Å². The molecule has 0 fully saturated rings. The topological polar surface area (TPSA) is 12.0 Å². The Morgan fingerprint density at radius 2 is 2.20 bits per heavy atom. The van der Waals surface area contributed by atoms with E-state index in [9.17, 15) is 0 Å². The minimum Gasteiger partial charge on any atom is -0.306 e. The SMILES string of the molecule is CCNC(c1cc2c(s1)CCSC2)c1ccccc1Cl. The molecule has 0 saturated heterocycles. The second-order valence-corrected chi connectivity index (χ2v) is 7.59. The average molecular weight is 324 g/mol. The number of aryl methyl sites for hydroxylation is 1. The highest BCUT2D eigenvalue weighted by Crippen LogP contribution is 2.38. The maximum absolute atomic E-state index is 6.39. The first kappa shape index (κ1) is 14.5. The molecule has 4 heteroatoms. The fourth-order valence-electron chi connectivity index (χ4n) is 2.59. The van der Waals surface area contributed by atoms with Gasteiger partial charge >= 0.3 is 0 Å². The molecule has 1 aliphatic heterocycles. The molecule has 1 N–H and O–H groups in total. The van der Waals surface area contributed by atoms with Crippen LogP contribution >= 0.6 is 34.7 Å². The lowest BCUT2D eigenvalue weighted by Gasteiger charge is -2.18. The van der Waals surface area contributed by atoms with Gasteiger partial charge in [-0.05, 0) is 42.0 Å². The summed E-state index contributed by atoms with van der Waals surface area (Å²) in [6.07, 6.45) is 1.21. The number of halogens is 1. The first-order valence-electron chi connectivity index (χ1n) is 6.96. The molecule has 0 amide bonds. The van der Waals surface area contributed by atoms with Crippen LogP contribution in [0.25, 0.3) is 0 Å². The lowest BCUT2D eigenvalue weighted by Crippen LogP contribution is -2.21. The summed E-state index contributed by atoms with van der Waals surface area (Å²) < 4.78 is 0. The predicted molar refractivity (Wildman–Crippen MR) is 91.2 cm³/mol. The highest BCUT2D eigenvalue weighted by atomic mass is 35.5. The van der Waals surface area contributed by atoms with E-state index < -0.39 is 0 Å². The lowest BCUT2D eigenvalue weighted by atomic mass is 10.0. The van der Waals surface area contributed by atoms with Crippen molar-refractivity contribution in [2.24, 2.45) is 0 Å². The monoisotopic (exact) mass is 323 g/mol. The molecule has 106 valence electrons. The fraction of sp³-hybridized carbons (Fsp3) is 0.375. The molecule has 1 atom stereocenters. The molecule has 2 heterocycles. The molecule has 1 aliphatic rings. The molecule has 1 aromatic carbocycles. The zero-order chi connectivity index (χ0) is 13.9. The zero-order valence-electron chi connectivity index (χ0n) is 11.5. The number of hydrogen-bond donors (Lipinski definition) is 1. The third-order valence-corrected chi connectivity index (χ3v) is 6.21. The maximum atomic E-state index is 6.39. The summed E-state index contributed by atoms with van der Waals surface area (Å²) in [5, 5.41) is 4.43. The van der Waals surface area contributed by atoms with Gasteiger partial charge < -0.3 is 5.32 Å². The van der Waals surface area contributed by atoms with E-state index in [0.717, 1.165) is 17.3 Å². The molecule has 3 rings (SSSR count). The molecule has 0 radical (unpaired) electrons. The third-order valence-electron chi connectivity index (χ3n) is 3.56. The molecule has 0 spiro atoms. The number of rotatable bonds is 4. The molecule has 1 nitrogen and oxygen atoms in total. The molecule has 20 heavy (non-hydrogen) atoms. The Hall–Kier alpha value is -0.480. The van der Waals surface area contributed by atoms with Gasteiger partial charge in [0.25, 0.3) is 0 Å². The minimum atomic E-state index is 0.217. The first-order chi connectivity index (χ1) is 9.79. The van der Waals surface area contributed by atoms with E-state index in [1.54, 1.807) is 4.88 Å². The first-order valence-corrected chi connectivity index (χ1v) is 9.31. The smallest absolute Gasteiger partial charge is 0.0685 e. The van der Waals surface area contributed by atoms with Crippen LogP contribution in [0.1, 0.15) is 33.8 Å². The van der Waals surface area contributed by atoms with Crippen LogP contribution in [0.2, 0.25) is 5.02 Å². The Morgan fingerprint density at radius 3 is 2.95 bits per heavy atom. The van der Waals surface area contributed by atoms with Gasteiger partial charge in [-0.3, -0.25) is 0 Å². The van der Waals surface area contributed by atoms with Gasteiger partial charge in [-0.1, -0.05) is 36.7 Å². The number of fused-ring (bicyclic) bond motifs is 1. The Kier molecular flexibility index (Phi) is 4.72. The van der Waals surface area contributed by atoms with Crippen LogP contribution in [0.15, 0.2) is 30.3 Å². The second-order valence-electron chi connectivity index (χ2n) is 4.91. The Bertz CT molecular complexity index is 570. The summed E-state index contributed by atoms with van der Waals surface area (Å²) in [6, 6.07) is 10.8. The molecule has 2 aromatic rings. The number of thiophene rings is 1. The van der Waals surface area contributed by atoms with Gasteiger partial charge in [-0.15, -0.1) is 11.3 Å². The fourth-order valence-corrected chi connectivity index (χ4v) is 5.31. The van der Waals surface area contributed by atoms with Crippen molar-refractivity contribution in [2.75, 3.05) is 12.3 Å². The van der Waals surface area contributed by atoms with Crippen LogP contribution in [0, 0.1) is 0 Å². The highest BCUT2D eigenvalue weighted by Gasteiger charge is 2.21. The Morgan fingerprint density at radius 1 is 1.35 bits per heavy atom. The van der Waals surface area contributed by atoms with Gasteiger partial charge in [0.2, 0.25) is 0 Å². The van der Waals surface area contributed by atoms with Gasteiger partial charge in [-0.25, -0.2) is 0 Å². The van der Waals surface area contributed by atoms with Crippen molar-refractivity contribution >= 4 is 34.7 Å². The van der Waals surface area contributed by atoms with Crippen molar-refractivity contribution < 1.29 is 0 Å². The maximum Gasteiger partial charge on any atom is 0.0685 e. The lowest BCUT2D eigenvalue weighted by molar-refractivity contribution is 0.639. The summed E-state index contributed by atoms with van der Waals surface area (Å²) in [5.41, 5.74) is 2.71. The quantitative estimate of drug-likeness (QED) is 0.859. The molecule has 0 aliphatic carbocycles. The number of benzene rings is 1. The van der Waals surface area contributed by atoms with Crippen molar-refractivity contribution in [1.29, 1.82) is 0 Å². The Labute approximate surface area is 133 Å². The van der Waals surface area contributed by atoms with Gasteiger partial charge in [-0.2, -0.15) is 11.8 Å². The normalized spacial score (nSPS) is 15.9. The zero-order valence-corrected chi connectivity index (χ0v) is 13.9. The van der Waals surface area contributed by atoms with Crippen LogP contribution in [0.5, 0.6) is 0 Å². The summed E-state index contributed by atoms with van der Waals surface area (Å²) in [6.45, 7) is 3.08. The van der Waals surface area contributed by atoms with Crippen molar-refractivity contribution in [3.8, 4) is 0 Å². The van der Waals surface area contributed by atoms with E-state index in [-0.39, 0.29) is 6.04 Å². The molecule has 1 unspecified atom stereocenters. The van der Waals surface area contributed by atoms with Crippen LogP contribution < -0.4 is 5.32 Å². The summed E-state index contributed by atoms with van der Waals surface area (Å²) >= 11 is 10.4. The Balaban J connectivity index is 1.98. The number of thioether (sulfide) groups is 1. The van der Waals surface area contributed by atoms with Crippen LogP contribution in [0.4, 0.5) is 0 Å². The van der Waals surface area contributed by atoms with E-state index in [4.69, 9.17) is 11.6 Å². The van der Waals surface area contributed by atoms with E-state index >= 15 is 0 Å². The summed E-state index contributed by atoms with van der Waals surface area (Å²) in [7, 11) is 0. The molecule has 0 bridgehead atoms. The molecule has 1 aromatic heterocycles. The molecule has 0 saturated carbocycles. The van der Waals surface area contributed by atoms with Gasteiger partial charge in [0.15, 0.2) is 0 Å². The van der Waals surface area contributed by atoms with Crippen molar-refractivity contribution in [2.45, 2.75) is 25.1 Å². The van der Waals surface area contributed by atoms with Crippen molar-refractivity contribution in [3.05, 3.63) is 56.2 Å².